The summed E-state index contributed by atoms with van der Waals surface area (Å²) in [5.41, 5.74) is 2.37. The number of carbonyl (C=O) groups excluding carboxylic acids is 1. The van der Waals surface area contributed by atoms with Crippen LogP contribution in [0.4, 0.5) is 46.6 Å². The number of rotatable bonds is 10. The Morgan fingerprint density at radius 1 is 1.05 bits per heavy atom. The first-order valence-corrected chi connectivity index (χ1v) is 20.3. The van der Waals surface area contributed by atoms with Crippen LogP contribution in [0.2, 0.25) is 5.02 Å². The summed E-state index contributed by atoms with van der Waals surface area (Å²) in [7, 11) is -0.0687. The number of amides is 1. The second-order valence-electron chi connectivity index (χ2n) is 14.2. The highest BCUT2D eigenvalue weighted by Gasteiger charge is 2.55. The number of nitrogens with zero attached hydrogens (tertiary/aromatic N) is 5. The second-order valence-corrected chi connectivity index (χ2v) is 15.7. The van der Waals surface area contributed by atoms with Crippen LogP contribution in [0.5, 0.6) is 0 Å². The van der Waals surface area contributed by atoms with Gasteiger partial charge in [-0.05, 0) is 48.6 Å². The van der Waals surface area contributed by atoms with E-state index in [0.717, 1.165) is 12.1 Å². The molecule has 5 N–H and O–H groups in total. The summed E-state index contributed by atoms with van der Waals surface area (Å²) >= 11 is 6.60. The van der Waals surface area contributed by atoms with Gasteiger partial charge < -0.3 is 16.2 Å². The molecule has 2 unspecified atom stereocenters. The molecule has 2 atom stereocenters. The Labute approximate surface area is 345 Å². The molecule has 7 rings (SSSR count). The molecule has 11 nitrogen and oxygen atoms in total. The van der Waals surface area contributed by atoms with E-state index >= 15 is 0 Å². The van der Waals surface area contributed by atoms with E-state index in [-0.39, 0.29) is 55.6 Å². The maximum absolute atomic E-state index is 15.0. The van der Waals surface area contributed by atoms with Crippen LogP contribution in [-0.2, 0) is 48.1 Å². The van der Waals surface area contributed by atoms with Gasteiger partial charge in [-0.25, -0.2) is 35.5 Å². The zero-order valence-corrected chi connectivity index (χ0v) is 33.8. The molecule has 0 saturated heterocycles. The Balaban J connectivity index is 0.00000297. The Bertz CT molecular complexity index is 2560. The van der Waals surface area contributed by atoms with Crippen LogP contribution in [0.25, 0.3) is 22.0 Å². The van der Waals surface area contributed by atoms with E-state index in [2.05, 4.69) is 37.1 Å². The van der Waals surface area contributed by atoms with Gasteiger partial charge in [0.05, 0.1) is 46.2 Å². The van der Waals surface area contributed by atoms with E-state index in [9.17, 15) is 49.2 Å². The summed E-state index contributed by atoms with van der Waals surface area (Å²) in [5, 5.41) is 21.7. The van der Waals surface area contributed by atoms with Crippen LogP contribution in [0.1, 0.15) is 79.5 Å². The average molecular weight is 885 g/mol. The molecule has 2 aliphatic carbocycles. The first-order chi connectivity index (χ1) is 28.1. The lowest BCUT2D eigenvalue weighted by atomic mass is 9.77. The Kier molecular flexibility index (Phi) is 12.3. The summed E-state index contributed by atoms with van der Waals surface area (Å²) in [4.78, 5) is 18.5. The number of benzene rings is 2. The van der Waals surface area contributed by atoms with Gasteiger partial charge in [-0.3, -0.25) is 18.9 Å². The fourth-order valence-corrected chi connectivity index (χ4v) is 8.07. The van der Waals surface area contributed by atoms with E-state index in [4.69, 9.17) is 17.3 Å². The molecule has 3 heterocycles. The highest BCUT2D eigenvalue weighted by atomic mass is 35.5. The van der Waals surface area contributed by atoms with Crippen molar-refractivity contribution in [2.75, 3.05) is 16.7 Å². The number of nitrogens with one attached hydrogen (secondary N) is 2. The summed E-state index contributed by atoms with van der Waals surface area (Å²) in [5.74, 6) is -4.77. The number of nitrogens with two attached hydrogens (primary N) is 1. The lowest BCUT2D eigenvalue weighted by Crippen LogP contribution is -2.50. The number of aromatic nitrogens is 5. The number of pyridine rings is 1. The number of anilines is 2. The predicted molar refractivity (Wildman–Crippen MR) is 209 cm³/mol. The molecule has 60 heavy (non-hydrogen) atoms. The van der Waals surface area contributed by atoms with Gasteiger partial charge in [0.2, 0.25) is 5.91 Å². The average Bonchev–Trinajstić information content (AvgIpc) is 3.78. The molecule has 0 aliphatic heterocycles. The molecule has 0 radical (unpaired) electrons. The topological polar surface area (TPSA) is 153 Å². The second kappa shape index (κ2) is 16.7. The largest absolute Gasteiger partial charge is 0.396 e. The Hall–Kier alpha value is -5.26. The first-order valence-electron chi connectivity index (χ1n) is 18.3. The molecule has 1 amide bonds. The third-order valence-electron chi connectivity index (χ3n) is 9.71. The molecular weight excluding hydrogens is 848 g/mol. The fourth-order valence-electron chi connectivity index (χ4n) is 7.42. The highest BCUT2D eigenvalue weighted by Crippen LogP contribution is 2.46. The molecule has 0 spiro atoms. The van der Waals surface area contributed by atoms with Crippen molar-refractivity contribution in [1.29, 1.82) is 0 Å². The molecule has 21 heteroatoms. The van der Waals surface area contributed by atoms with Crippen LogP contribution >= 0.6 is 11.6 Å². The van der Waals surface area contributed by atoms with Gasteiger partial charge in [0.15, 0.2) is 5.82 Å². The number of alkyl halides is 6. The van der Waals surface area contributed by atoms with Gasteiger partial charge in [0.1, 0.15) is 51.8 Å². The van der Waals surface area contributed by atoms with Crippen LogP contribution in [-0.4, -0.2) is 57.5 Å². The van der Waals surface area contributed by atoms with Crippen LogP contribution < -0.4 is 15.8 Å². The van der Waals surface area contributed by atoms with Gasteiger partial charge in [-0.1, -0.05) is 37.4 Å². The molecule has 0 bridgehead atoms. The molecule has 2 aromatic carbocycles. The normalized spacial score (nSPS) is 16.9. The van der Waals surface area contributed by atoms with Crippen LogP contribution in [0.3, 0.4) is 0 Å². The van der Waals surface area contributed by atoms with Crippen molar-refractivity contribution in [3.05, 3.63) is 87.0 Å². The SMILES string of the molecule is CC.Cn1nc(NS(C)=O)c2c(Cl)ccc(-c3cc(N)c(C#CC4(O)CC(F)(F)C4)nc3C(Cc3cc(F)cc(F)c3)NC(=O)Cn3nc(C(F)F)c4c3C(F)(F)CC4)c21. The molecule has 2 aliphatic rings. The predicted octanol–water partition coefficient (Wildman–Crippen LogP) is 7.66. The maximum Gasteiger partial charge on any atom is 0.290 e. The summed E-state index contributed by atoms with van der Waals surface area (Å²) in [6.45, 7) is 3.01. The monoisotopic (exact) mass is 884 g/mol. The van der Waals surface area contributed by atoms with Gasteiger partial charge in [0, 0.05) is 42.5 Å². The fraction of sp³-hybridized carbons (Fsp3) is 0.385. The number of aryl methyl sites for hydroxylation is 1. The number of nitrogen functional groups attached to an aromatic ring is 1. The van der Waals surface area contributed by atoms with E-state index in [0.29, 0.717) is 16.3 Å². The third kappa shape index (κ3) is 8.93. The smallest absolute Gasteiger partial charge is 0.290 e. The minimum atomic E-state index is -3.58. The van der Waals surface area contributed by atoms with E-state index < -0.39 is 108 Å². The first kappa shape index (κ1) is 44.3. The third-order valence-corrected chi connectivity index (χ3v) is 10.5. The Morgan fingerprint density at radius 2 is 1.72 bits per heavy atom. The van der Waals surface area contributed by atoms with E-state index in [1.807, 2.05) is 13.8 Å². The van der Waals surface area contributed by atoms with Crippen molar-refractivity contribution in [2.45, 2.75) is 82.4 Å². The Morgan fingerprint density at radius 3 is 2.33 bits per heavy atom. The van der Waals surface area contributed by atoms with Crippen molar-refractivity contribution in [3.63, 3.8) is 0 Å². The van der Waals surface area contributed by atoms with Crippen LogP contribution in [0, 0.1) is 23.5 Å². The van der Waals surface area contributed by atoms with E-state index in [1.54, 1.807) is 0 Å². The molecule has 1 fully saturated rings. The molecule has 5 aromatic rings. The van der Waals surface area contributed by atoms with Crippen molar-refractivity contribution in [1.82, 2.24) is 29.9 Å². The van der Waals surface area contributed by atoms with Crippen molar-refractivity contribution >= 4 is 50.9 Å². The number of halogens is 9. The minimum Gasteiger partial charge on any atom is -0.396 e. The highest BCUT2D eigenvalue weighted by molar-refractivity contribution is 7.85. The minimum absolute atomic E-state index is 0.0313. The van der Waals surface area contributed by atoms with Gasteiger partial charge in [0.25, 0.3) is 18.3 Å². The standard InChI is InChI=1S/C37H31ClF8N8O3S.C2H6/c1-53-31-20(3-4-23(38)28(31)34(51-53)52-58(2)57)22-13-24(47)25(6-7-35(56)15-36(43,44)16-35)49-29(22)26(11-17-9-18(39)12-19(40)10-17)48-27(55)14-54-32-21(5-8-37(32,45)46)30(50-54)33(41)42;1-2/h3-4,9-10,12-13,26,33,56H,5,8,11,14-16,47H2,1-2H3,(H,48,55)(H,51,52);1-2H3. The number of carbonyl (C=O) groups is 1. The maximum atomic E-state index is 15.0. The molecule has 1 saturated carbocycles. The number of aliphatic hydroxyl groups is 1. The number of hydrogen-bond donors (Lipinski definition) is 4. The lowest BCUT2D eigenvalue weighted by Gasteiger charge is -2.39. The zero-order valence-electron chi connectivity index (χ0n) is 32.2. The molecule has 3 aromatic heterocycles. The van der Waals surface area contributed by atoms with Gasteiger partial charge in [-0.2, -0.15) is 19.0 Å². The summed E-state index contributed by atoms with van der Waals surface area (Å²) in [6.07, 6.45) is -5.41. The summed E-state index contributed by atoms with van der Waals surface area (Å²) in [6, 6.07) is 5.45. The number of hydrogen-bond acceptors (Lipinski definition) is 7. The van der Waals surface area contributed by atoms with Crippen molar-refractivity contribution < 1.29 is 49.2 Å². The molecule has 320 valence electrons. The zero-order chi connectivity index (χ0) is 44.1. The molecular formula is C39H37ClF8N8O3S. The van der Waals surface area contributed by atoms with Crippen molar-refractivity contribution in [3.8, 4) is 23.0 Å². The lowest BCUT2D eigenvalue weighted by molar-refractivity contribution is -0.176. The van der Waals surface area contributed by atoms with Gasteiger partial charge in [-0.15, -0.1) is 0 Å². The summed E-state index contributed by atoms with van der Waals surface area (Å²) < 4.78 is 131. The van der Waals surface area contributed by atoms with Gasteiger partial charge >= 0.3 is 0 Å². The number of fused-ring (bicyclic) bond motifs is 2. The van der Waals surface area contributed by atoms with Crippen LogP contribution in [0.15, 0.2) is 36.4 Å². The van der Waals surface area contributed by atoms with Crippen molar-refractivity contribution in [2.24, 2.45) is 7.05 Å². The van der Waals surface area contributed by atoms with E-state index in [1.165, 1.54) is 36.2 Å². The quantitative estimate of drug-likeness (QED) is 0.0830.